The number of rotatable bonds is 10. The molecule has 1 aliphatic rings. The minimum Gasteiger partial charge on any atom is -0.492 e. The lowest BCUT2D eigenvalue weighted by atomic mass is 10.3. The van der Waals surface area contributed by atoms with Gasteiger partial charge >= 0.3 is 0 Å². The van der Waals surface area contributed by atoms with Crippen molar-refractivity contribution in [3.05, 3.63) is 29.8 Å². The predicted molar refractivity (Wildman–Crippen MR) is 111 cm³/mol. The highest BCUT2D eigenvalue weighted by Crippen LogP contribution is 2.15. The van der Waals surface area contributed by atoms with Gasteiger partial charge in [0, 0.05) is 32.4 Å². The number of hydrogen-bond donors (Lipinski definition) is 2. The number of nitrogens with one attached hydrogen (secondary N) is 2. The first kappa shape index (κ1) is 23.8. The van der Waals surface area contributed by atoms with Crippen LogP contribution in [0.5, 0.6) is 5.75 Å². The number of benzene rings is 1. The van der Waals surface area contributed by atoms with E-state index in [0.717, 1.165) is 38.1 Å². The maximum absolute atomic E-state index is 13.1. The zero-order chi connectivity index (χ0) is 18.6. The molecule has 1 aromatic carbocycles. The molecule has 154 valence electrons. The Bertz CT molecular complexity index is 573. The second kappa shape index (κ2) is 13.9. The first-order chi connectivity index (χ1) is 12.7. The average Bonchev–Trinajstić information content (AvgIpc) is 3.14. The molecule has 1 saturated heterocycles. The van der Waals surface area contributed by atoms with Crippen molar-refractivity contribution in [1.29, 1.82) is 0 Å². The van der Waals surface area contributed by atoms with Gasteiger partial charge < -0.3 is 24.8 Å². The summed E-state index contributed by atoms with van der Waals surface area (Å²) >= 11 is 0. The number of aliphatic imine (C=N–C) groups is 1. The fourth-order valence-electron chi connectivity index (χ4n) is 2.40. The van der Waals surface area contributed by atoms with E-state index in [4.69, 9.17) is 14.2 Å². The Morgan fingerprint density at radius 1 is 1.26 bits per heavy atom. The van der Waals surface area contributed by atoms with Crippen LogP contribution in [0.1, 0.15) is 19.8 Å². The molecule has 0 spiro atoms. The quantitative estimate of drug-likeness (QED) is 0.225. The molecule has 6 nitrogen and oxygen atoms in total. The molecule has 1 atom stereocenters. The van der Waals surface area contributed by atoms with Gasteiger partial charge in [-0.3, -0.25) is 4.99 Å². The minimum absolute atomic E-state index is 0. The van der Waals surface area contributed by atoms with E-state index in [9.17, 15) is 8.78 Å². The third kappa shape index (κ3) is 9.52. The second-order valence-corrected chi connectivity index (χ2v) is 5.82. The van der Waals surface area contributed by atoms with Gasteiger partial charge in [-0.15, -0.1) is 24.0 Å². The van der Waals surface area contributed by atoms with Crippen molar-refractivity contribution < 1.29 is 23.0 Å². The molecule has 0 amide bonds. The number of halogens is 3. The molecule has 0 saturated carbocycles. The van der Waals surface area contributed by atoms with Gasteiger partial charge in [-0.1, -0.05) is 0 Å². The molecule has 9 heteroatoms. The Labute approximate surface area is 176 Å². The highest BCUT2D eigenvalue weighted by atomic mass is 127. The van der Waals surface area contributed by atoms with Crippen LogP contribution >= 0.6 is 24.0 Å². The van der Waals surface area contributed by atoms with Crippen LogP contribution in [0.2, 0.25) is 0 Å². The minimum atomic E-state index is -0.920. The summed E-state index contributed by atoms with van der Waals surface area (Å²) in [6.45, 7) is 6.30. The van der Waals surface area contributed by atoms with Gasteiger partial charge in [-0.25, -0.2) is 8.78 Å². The molecule has 1 unspecified atom stereocenters. The van der Waals surface area contributed by atoms with Crippen LogP contribution < -0.4 is 15.4 Å². The molecule has 1 aliphatic heterocycles. The second-order valence-electron chi connectivity index (χ2n) is 5.82. The maximum atomic E-state index is 13.1. The molecule has 1 aromatic rings. The van der Waals surface area contributed by atoms with Crippen molar-refractivity contribution in [2.45, 2.75) is 25.9 Å². The van der Waals surface area contributed by atoms with Gasteiger partial charge in [0.2, 0.25) is 0 Å². The van der Waals surface area contributed by atoms with E-state index in [0.29, 0.717) is 44.6 Å². The van der Waals surface area contributed by atoms with Crippen LogP contribution in [0, 0.1) is 11.6 Å². The van der Waals surface area contributed by atoms with Gasteiger partial charge in [0.25, 0.3) is 0 Å². The average molecular weight is 499 g/mol. The van der Waals surface area contributed by atoms with Crippen LogP contribution in [0.4, 0.5) is 8.78 Å². The van der Waals surface area contributed by atoms with E-state index in [1.807, 2.05) is 6.92 Å². The lowest BCUT2D eigenvalue weighted by Crippen LogP contribution is -2.39. The van der Waals surface area contributed by atoms with E-state index in [2.05, 4.69) is 15.6 Å². The number of guanidine groups is 1. The molecule has 2 rings (SSSR count). The Balaban J connectivity index is 0.00000364. The highest BCUT2D eigenvalue weighted by molar-refractivity contribution is 14.0. The largest absolute Gasteiger partial charge is 0.492 e. The van der Waals surface area contributed by atoms with Crippen molar-refractivity contribution >= 4 is 29.9 Å². The normalized spacial score (nSPS) is 16.7. The Kier molecular flexibility index (Phi) is 12.3. The third-order valence-corrected chi connectivity index (χ3v) is 3.71. The summed E-state index contributed by atoms with van der Waals surface area (Å²) in [4.78, 5) is 4.47. The molecular formula is C18H28F2IN3O3. The zero-order valence-electron chi connectivity index (χ0n) is 15.5. The molecule has 2 N–H and O–H groups in total. The fraction of sp³-hybridized carbons (Fsp3) is 0.611. The molecule has 27 heavy (non-hydrogen) atoms. The van der Waals surface area contributed by atoms with E-state index >= 15 is 0 Å². The van der Waals surface area contributed by atoms with Gasteiger partial charge in [0.1, 0.15) is 12.4 Å². The lowest BCUT2D eigenvalue weighted by Gasteiger charge is -2.12. The van der Waals surface area contributed by atoms with Crippen molar-refractivity contribution in [2.24, 2.45) is 4.99 Å². The fourth-order valence-corrected chi connectivity index (χ4v) is 2.40. The van der Waals surface area contributed by atoms with Crippen LogP contribution in [-0.4, -0.2) is 58.1 Å². The van der Waals surface area contributed by atoms with E-state index < -0.39 is 11.6 Å². The lowest BCUT2D eigenvalue weighted by molar-refractivity contribution is 0.0424. The predicted octanol–water partition coefficient (Wildman–Crippen LogP) is 2.71. The standard InChI is InChI=1S/C18H27F2N3O3.HI/c1-2-21-18(22-7-3-9-25-15-6-10-24-13-15)23-8-11-26-14-4-5-16(19)17(20)12-14;/h4-5,12,15H,2-3,6-11,13H2,1H3,(H2,21,22,23);1H. The molecular weight excluding hydrogens is 471 g/mol. The van der Waals surface area contributed by atoms with Gasteiger partial charge in [0.15, 0.2) is 17.6 Å². The van der Waals surface area contributed by atoms with Crippen LogP contribution in [0.3, 0.4) is 0 Å². The maximum Gasteiger partial charge on any atom is 0.191 e. The van der Waals surface area contributed by atoms with E-state index in [1.165, 1.54) is 6.07 Å². The van der Waals surface area contributed by atoms with E-state index in [1.54, 1.807) is 0 Å². The smallest absolute Gasteiger partial charge is 0.191 e. The Morgan fingerprint density at radius 3 is 2.81 bits per heavy atom. The van der Waals surface area contributed by atoms with Crippen molar-refractivity contribution in [3.63, 3.8) is 0 Å². The molecule has 0 radical (unpaired) electrons. The summed E-state index contributed by atoms with van der Waals surface area (Å²) in [5.74, 6) is -0.829. The molecule has 0 bridgehead atoms. The highest BCUT2D eigenvalue weighted by Gasteiger charge is 2.15. The Hall–Kier alpha value is -1.20. The van der Waals surface area contributed by atoms with Crippen LogP contribution in [0.15, 0.2) is 23.2 Å². The molecule has 0 aromatic heterocycles. The molecule has 1 heterocycles. The first-order valence-corrected chi connectivity index (χ1v) is 8.98. The van der Waals surface area contributed by atoms with Crippen molar-refractivity contribution in [2.75, 3.05) is 46.1 Å². The van der Waals surface area contributed by atoms with Gasteiger partial charge in [-0.2, -0.15) is 0 Å². The SMILES string of the molecule is CCNC(=NCCCOC1CCOC1)NCCOc1ccc(F)c(F)c1.I. The monoisotopic (exact) mass is 499 g/mol. The summed E-state index contributed by atoms with van der Waals surface area (Å²) in [6, 6.07) is 3.47. The summed E-state index contributed by atoms with van der Waals surface area (Å²) in [6.07, 6.45) is 2.02. The summed E-state index contributed by atoms with van der Waals surface area (Å²) in [7, 11) is 0. The van der Waals surface area contributed by atoms with Crippen LogP contribution in [0.25, 0.3) is 0 Å². The first-order valence-electron chi connectivity index (χ1n) is 8.98. The zero-order valence-corrected chi connectivity index (χ0v) is 17.8. The van der Waals surface area contributed by atoms with Crippen LogP contribution in [-0.2, 0) is 9.47 Å². The van der Waals surface area contributed by atoms with E-state index in [-0.39, 0.29) is 30.1 Å². The third-order valence-electron chi connectivity index (χ3n) is 3.71. The number of ether oxygens (including phenoxy) is 3. The summed E-state index contributed by atoms with van der Waals surface area (Å²) in [5, 5.41) is 6.28. The summed E-state index contributed by atoms with van der Waals surface area (Å²) in [5.41, 5.74) is 0. The van der Waals surface area contributed by atoms with Gasteiger partial charge in [-0.05, 0) is 31.9 Å². The molecule has 0 aliphatic carbocycles. The van der Waals surface area contributed by atoms with Gasteiger partial charge in [0.05, 0.1) is 19.3 Å². The van der Waals surface area contributed by atoms with Crippen molar-refractivity contribution in [1.82, 2.24) is 10.6 Å². The molecule has 1 fully saturated rings. The summed E-state index contributed by atoms with van der Waals surface area (Å²) < 4.78 is 42.3. The number of hydrogen-bond acceptors (Lipinski definition) is 4. The number of nitrogens with zero attached hydrogens (tertiary/aromatic N) is 1. The van der Waals surface area contributed by atoms with Crippen molar-refractivity contribution in [3.8, 4) is 5.75 Å². The Morgan fingerprint density at radius 2 is 2.11 bits per heavy atom. The topological polar surface area (TPSA) is 64.1 Å².